The Labute approximate surface area is 91.8 Å². The minimum Gasteiger partial charge on any atom is -0.507 e. The van der Waals surface area contributed by atoms with Crippen molar-refractivity contribution in [3.8, 4) is 11.5 Å². The second kappa shape index (κ2) is 4.73. The van der Waals surface area contributed by atoms with Gasteiger partial charge in [-0.05, 0) is 12.1 Å². The summed E-state index contributed by atoms with van der Waals surface area (Å²) in [4.78, 5) is -0.978. The van der Waals surface area contributed by atoms with E-state index in [4.69, 9.17) is 27.9 Å². The first-order valence-corrected chi connectivity index (χ1v) is 4.76. The summed E-state index contributed by atoms with van der Waals surface area (Å²) in [6.07, 6.45) is -1.11. The Morgan fingerprint density at radius 3 is 2.43 bits per heavy atom. The van der Waals surface area contributed by atoms with Crippen molar-refractivity contribution in [2.45, 2.75) is 10.9 Å². The SMILES string of the molecule is COc1ccc(C(O)C(Cl)Cl)c(O)c1. The minimum atomic E-state index is -1.11. The van der Waals surface area contributed by atoms with Crippen LogP contribution < -0.4 is 4.74 Å². The summed E-state index contributed by atoms with van der Waals surface area (Å²) >= 11 is 11.0. The Morgan fingerprint density at radius 2 is 2.00 bits per heavy atom. The molecule has 0 bridgehead atoms. The van der Waals surface area contributed by atoms with E-state index in [-0.39, 0.29) is 11.3 Å². The van der Waals surface area contributed by atoms with Crippen LogP contribution in [0.1, 0.15) is 11.7 Å². The number of methoxy groups -OCH3 is 1. The van der Waals surface area contributed by atoms with Crippen molar-refractivity contribution in [2.24, 2.45) is 0 Å². The first-order chi connectivity index (χ1) is 6.56. The number of phenols is 1. The number of hydrogen-bond acceptors (Lipinski definition) is 3. The van der Waals surface area contributed by atoms with Crippen LogP contribution in [0.4, 0.5) is 0 Å². The first kappa shape index (κ1) is 11.4. The lowest BCUT2D eigenvalue weighted by Gasteiger charge is -2.13. The summed E-state index contributed by atoms with van der Waals surface area (Å²) < 4.78 is 4.88. The van der Waals surface area contributed by atoms with Crippen LogP contribution in [0, 0.1) is 0 Å². The van der Waals surface area contributed by atoms with E-state index in [1.165, 1.54) is 19.2 Å². The molecule has 0 aromatic heterocycles. The highest BCUT2D eigenvalue weighted by Gasteiger charge is 2.19. The highest BCUT2D eigenvalue weighted by Crippen LogP contribution is 2.32. The van der Waals surface area contributed by atoms with E-state index in [1.807, 2.05) is 0 Å². The highest BCUT2D eigenvalue weighted by molar-refractivity contribution is 6.44. The first-order valence-electron chi connectivity index (χ1n) is 3.89. The lowest BCUT2D eigenvalue weighted by Crippen LogP contribution is -2.06. The number of aliphatic hydroxyl groups excluding tert-OH is 1. The van der Waals surface area contributed by atoms with Crippen molar-refractivity contribution in [3.05, 3.63) is 23.8 Å². The maximum Gasteiger partial charge on any atom is 0.137 e. The molecule has 0 saturated heterocycles. The molecule has 2 N–H and O–H groups in total. The molecule has 1 rings (SSSR count). The minimum absolute atomic E-state index is 0.0943. The van der Waals surface area contributed by atoms with Crippen molar-refractivity contribution in [3.63, 3.8) is 0 Å². The molecular formula is C9H10Cl2O3. The van der Waals surface area contributed by atoms with Crippen LogP contribution in [0.5, 0.6) is 11.5 Å². The number of aromatic hydroxyl groups is 1. The average Bonchev–Trinajstić information content (AvgIpc) is 2.16. The molecule has 0 radical (unpaired) electrons. The molecule has 0 fully saturated rings. The molecule has 0 saturated carbocycles. The molecule has 1 atom stereocenters. The molecule has 0 amide bonds. The van der Waals surface area contributed by atoms with Crippen LogP contribution in [-0.2, 0) is 0 Å². The summed E-state index contributed by atoms with van der Waals surface area (Å²) in [5, 5.41) is 19.0. The van der Waals surface area contributed by atoms with E-state index in [1.54, 1.807) is 6.07 Å². The van der Waals surface area contributed by atoms with Gasteiger partial charge < -0.3 is 14.9 Å². The summed E-state index contributed by atoms with van der Waals surface area (Å²) in [6.45, 7) is 0. The van der Waals surface area contributed by atoms with Gasteiger partial charge in [-0.3, -0.25) is 0 Å². The fraction of sp³-hybridized carbons (Fsp3) is 0.333. The lowest BCUT2D eigenvalue weighted by atomic mass is 10.1. The van der Waals surface area contributed by atoms with Gasteiger partial charge in [0, 0.05) is 11.6 Å². The van der Waals surface area contributed by atoms with Crippen LogP contribution >= 0.6 is 23.2 Å². The molecule has 0 heterocycles. The van der Waals surface area contributed by atoms with Crippen molar-refractivity contribution in [2.75, 3.05) is 7.11 Å². The number of alkyl halides is 2. The zero-order valence-electron chi connectivity index (χ0n) is 7.45. The molecule has 0 aliphatic carbocycles. The predicted molar refractivity (Wildman–Crippen MR) is 55.1 cm³/mol. The van der Waals surface area contributed by atoms with E-state index in [0.717, 1.165) is 0 Å². The molecule has 5 heteroatoms. The third kappa shape index (κ3) is 2.44. The van der Waals surface area contributed by atoms with Crippen LogP contribution in [0.25, 0.3) is 0 Å². The fourth-order valence-electron chi connectivity index (χ4n) is 1.04. The van der Waals surface area contributed by atoms with Crippen LogP contribution in [0.3, 0.4) is 0 Å². The maximum atomic E-state index is 9.48. The van der Waals surface area contributed by atoms with Crippen LogP contribution in [-0.4, -0.2) is 22.2 Å². The lowest BCUT2D eigenvalue weighted by molar-refractivity contribution is 0.188. The normalized spacial score (nSPS) is 12.9. The summed E-state index contributed by atoms with van der Waals surface area (Å²) in [6, 6.07) is 4.50. The van der Waals surface area contributed by atoms with E-state index in [0.29, 0.717) is 5.75 Å². The maximum absolute atomic E-state index is 9.48. The van der Waals surface area contributed by atoms with Gasteiger partial charge in [-0.15, -0.1) is 23.2 Å². The second-order valence-electron chi connectivity index (χ2n) is 2.70. The van der Waals surface area contributed by atoms with E-state index in [9.17, 15) is 10.2 Å². The van der Waals surface area contributed by atoms with Gasteiger partial charge in [0.05, 0.1) is 7.11 Å². The Balaban J connectivity index is 2.99. The monoisotopic (exact) mass is 236 g/mol. The van der Waals surface area contributed by atoms with Crippen molar-refractivity contribution < 1.29 is 14.9 Å². The van der Waals surface area contributed by atoms with Gasteiger partial charge in [-0.25, -0.2) is 0 Å². The Kier molecular flexibility index (Phi) is 3.86. The molecule has 78 valence electrons. The molecule has 1 unspecified atom stereocenters. The van der Waals surface area contributed by atoms with Gasteiger partial charge in [-0.1, -0.05) is 0 Å². The number of phenolic OH excluding ortho intramolecular Hbond substituents is 1. The number of ether oxygens (including phenoxy) is 1. The number of rotatable bonds is 3. The quantitative estimate of drug-likeness (QED) is 0.792. The second-order valence-corrected chi connectivity index (χ2v) is 3.87. The zero-order valence-corrected chi connectivity index (χ0v) is 8.96. The number of hydrogen-bond donors (Lipinski definition) is 2. The van der Waals surface area contributed by atoms with Crippen molar-refractivity contribution >= 4 is 23.2 Å². The Hall–Kier alpha value is -0.640. The third-order valence-electron chi connectivity index (χ3n) is 1.79. The fourth-order valence-corrected chi connectivity index (χ4v) is 1.31. The summed E-state index contributed by atoms with van der Waals surface area (Å²) in [5.74, 6) is 0.405. The largest absolute Gasteiger partial charge is 0.507 e. The van der Waals surface area contributed by atoms with E-state index >= 15 is 0 Å². The number of benzene rings is 1. The molecule has 1 aromatic rings. The summed E-state index contributed by atoms with van der Waals surface area (Å²) in [7, 11) is 1.48. The van der Waals surface area contributed by atoms with E-state index < -0.39 is 10.9 Å². The van der Waals surface area contributed by atoms with Gasteiger partial charge in [0.1, 0.15) is 22.4 Å². The van der Waals surface area contributed by atoms with Crippen LogP contribution in [0.2, 0.25) is 0 Å². The zero-order chi connectivity index (χ0) is 10.7. The molecule has 14 heavy (non-hydrogen) atoms. The summed E-state index contributed by atoms with van der Waals surface area (Å²) in [5.41, 5.74) is 0.279. The molecule has 3 nitrogen and oxygen atoms in total. The number of aliphatic hydroxyl groups is 1. The predicted octanol–water partition coefficient (Wildman–Crippen LogP) is 2.24. The van der Waals surface area contributed by atoms with Gasteiger partial charge >= 0.3 is 0 Å². The van der Waals surface area contributed by atoms with Crippen molar-refractivity contribution in [1.29, 1.82) is 0 Å². The highest BCUT2D eigenvalue weighted by atomic mass is 35.5. The Morgan fingerprint density at radius 1 is 1.36 bits per heavy atom. The van der Waals surface area contributed by atoms with Gasteiger partial charge in [-0.2, -0.15) is 0 Å². The topological polar surface area (TPSA) is 49.7 Å². The smallest absolute Gasteiger partial charge is 0.137 e. The van der Waals surface area contributed by atoms with Crippen LogP contribution in [0.15, 0.2) is 18.2 Å². The molecule has 0 aliphatic heterocycles. The van der Waals surface area contributed by atoms with Gasteiger partial charge in [0.25, 0.3) is 0 Å². The van der Waals surface area contributed by atoms with Gasteiger partial charge in [0.2, 0.25) is 0 Å². The molecule has 1 aromatic carbocycles. The van der Waals surface area contributed by atoms with E-state index in [2.05, 4.69) is 0 Å². The van der Waals surface area contributed by atoms with Crippen molar-refractivity contribution in [1.82, 2.24) is 0 Å². The molecule has 0 aliphatic rings. The average molecular weight is 237 g/mol. The molecule has 0 spiro atoms. The van der Waals surface area contributed by atoms with Gasteiger partial charge in [0.15, 0.2) is 0 Å². The number of halogens is 2. The Bertz CT molecular complexity index is 315. The standard InChI is InChI=1S/C9H10Cl2O3/c1-14-5-2-3-6(7(12)4-5)8(13)9(10)11/h2-4,8-9,12-13H,1H3. The molecular weight excluding hydrogens is 227 g/mol. The third-order valence-corrected chi connectivity index (χ3v) is 2.27.